The predicted octanol–water partition coefficient (Wildman–Crippen LogP) is 5.04. The van der Waals surface area contributed by atoms with Crippen molar-refractivity contribution in [2.24, 2.45) is 0 Å². The van der Waals surface area contributed by atoms with E-state index in [2.05, 4.69) is 10.2 Å². The summed E-state index contributed by atoms with van der Waals surface area (Å²) in [6.07, 6.45) is 0. The highest BCUT2D eigenvalue weighted by atomic mass is 35.5. The zero-order chi connectivity index (χ0) is 18.8. The lowest BCUT2D eigenvalue weighted by atomic mass is 10.2. The van der Waals surface area contributed by atoms with Gasteiger partial charge in [0.1, 0.15) is 5.82 Å². The van der Waals surface area contributed by atoms with Crippen LogP contribution in [0.15, 0.2) is 48.5 Å². The number of amides is 2. The molecule has 0 spiro atoms. The fourth-order valence-corrected chi connectivity index (χ4v) is 4.42. The van der Waals surface area contributed by atoms with Crippen LogP contribution < -0.4 is 5.32 Å². The van der Waals surface area contributed by atoms with E-state index < -0.39 is 0 Å². The number of carbonyl (C=O) groups is 1. The Morgan fingerprint density at radius 2 is 1.89 bits per heavy atom. The third kappa shape index (κ3) is 4.08. The number of nitrogens with zero attached hydrogens (tertiary/aromatic N) is 2. The van der Waals surface area contributed by atoms with Crippen LogP contribution in [0.4, 0.5) is 14.2 Å². The van der Waals surface area contributed by atoms with Crippen LogP contribution in [0.3, 0.4) is 0 Å². The summed E-state index contributed by atoms with van der Waals surface area (Å²) in [5.74, 6) is -0.285. The number of benzene rings is 2. The minimum atomic E-state index is -0.285. The zero-order valence-corrected chi connectivity index (χ0v) is 16.2. The van der Waals surface area contributed by atoms with E-state index >= 15 is 0 Å². The van der Waals surface area contributed by atoms with Gasteiger partial charge in [-0.2, -0.15) is 0 Å². The van der Waals surface area contributed by atoms with Gasteiger partial charge in [0.15, 0.2) is 0 Å². The smallest absolute Gasteiger partial charge is 0.322 e. The third-order valence-electron chi connectivity index (χ3n) is 4.76. The van der Waals surface area contributed by atoms with Crippen molar-refractivity contribution in [1.82, 2.24) is 9.80 Å². The minimum absolute atomic E-state index is 0.0925. The molecular formula is C20H19ClFN3OS. The molecule has 1 aliphatic heterocycles. The first-order valence-corrected chi connectivity index (χ1v) is 9.99. The van der Waals surface area contributed by atoms with Crippen LogP contribution in [-0.4, -0.2) is 42.0 Å². The van der Waals surface area contributed by atoms with Crippen LogP contribution in [0.1, 0.15) is 5.56 Å². The molecule has 1 N–H and O–H groups in total. The van der Waals surface area contributed by atoms with Crippen LogP contribution in [0.5, 0.6) is 0 Å². The van der Waals surface area contributed by atoms with Gasteiger partial charge in [-0.25, -0.2) is 9.18 Å². The Balaban J connectivity index is 1.34. The van der Waals surface area contributed by atoms with Gasteiger partial charge >= 0.3 is 6.03 Å². The molecule has 1 fully saturated rings. The Morgan fingerprint density at radius 1 is 1.11 bits per heavy atom. The molecule has 4 nitrogen and oxygen atoms in total. The molecule has 1 aromatic heterocycles. The molecule has 7 heteroatoms. The van der Waals surface area contributed by atoms with Gasteiger partial charge in [-0.1, -0.05) is 35.9 Å². The number of carbonyl (C=O) groups excluding carboxylic acids is 1. The number of piperazine rings is 1. The van der Waals surface area contributed by atoms with Crippen molar-refractivity contribution in [2.75, 3.05) is 31.5 Å². The summed E-state index contributed by atoms with van der Waals surface area (Å²) in [5.41, 5.74) is 0.516. The first-order chi connectivity index (χ1) is 13.1. The maximum absolute atomic E-state index is 14.0. The topological polar surface area (TPSA) is 35.6 Å². The molecule has 0 saturated carbocycles. The van der Waals surface area contributed by atoms with E-state index in [1.165, 1.54) is 6.07 Å². The third-order valence-corrected chi connectivity index (χ3v) is 6.14. The van der Waals surface area contributed by atoms with E-state index in [1.54, 1.807) is 28.4 Å². The number of urea groups is 1. The SMILES string of the molecule is O=C(Nc1cc2ccccc2s1)N1CCN(Cc2c(F)cccc2Cl)CC1. The highest BCUT2D eigenvalue weighted by molar-refractivity contribution is 7.22. The second kappa shape index (κ2) is 7.84. The number of hydrogen-bond donors (Lipinski definition) is 1. The summed E-state index contributed by atoms with van der Waals surface area (Å²) in [5, 5.41) is 5.41. The highest BCUT2D eigenvalue weighted by Crippen LogP contribution is 2.29. The number of hydrogen-bond acceptors (Lipinski definition) is 3. The molecule has 2 heterocycles. The first kappa shape index (κ1) is 18.2. The van der Waals surface area contributed by atoms with Gasteiger partial charge < -0.3 is 4.90 Å². The maximum Gasteiger partial charge on any atom is 0.322 e. The van der Waals surface area contributed by atoms with E-state index in [-0.39, 0.29) is 11.8 Å². The Morgan fingerprint density at radius 3 is 2.63 bits per heavy atom. The Hall–Kier alpha value is -2.15. The Bertz CT molecular complexity index is 916. The molecule has 0 radical (unpaired) electrons. The van der Waals surface area contributed by atoms with E-state index in [1.807, 2.05) is 30.3 Å². The fraction of sp³-hybridized carbons (Fsp3) is 0.250. The predicted molar refractivity (Wildman–Crippen MR) is 109 cm³/mol. The largest absolute Gasteiger partial charge is 0.322 e. The lowest BCUT2D eigenvalue weighted by Crippen LogP contribution is -2.49. The van der Waals surface area contributed by atoms with Crippen molar-refractivity contribution >= 4 is 44.1 Å². The average molecular weight is 404 g/mol. The molecule has 1 aliphatic rings. The van der Waals surface area contributed by atoms with Crippen LogP contribution in [0.25, 0.3) is 10.1 Å². The zero-order valence-electron chi connectivity index (χ0n) is 14.6. The second-order valence-electron chi connectivity index (χ2n) is 6.54. The number of anilines is 1. The summed E-state index contributed by atoms with van der Waals surface area (Å²) >= 11 is 7.68. The first-order valence-electron chi connectivity index (χ1n) is 8.80. The van der Waals surface area contributed by atoms with Crippen molar-refractivity contribution in [1.29, 1.82) is 0 Å². The average Bonchev–Trinajstić information content (AvgIpc) is 3.07. The molecule has 0 atom stereocenters. The van der Waals surface area contributed by atoms with Crippen molar-refractivity contribution in [3.05, 3.63) is 64.9 Å². The number of nitrogens with one attached hydrogen (secondary N) is 1. The van der Waals surface area contributed by atoms with Gasteiger partial charge in [0.2, 0.25) is 0 Å². The summed E-state index contributed by atoms with van der Waals surface area (Å²) in [4.78, 5) is 16.5. The molecular weight excluding hydrogens is 385 g/mol. The van der Waals surface area contributed by atoms with Gasteiger partial charge in [0.25, 0.3) is 0 Å². The van der Waals surface area contributed by atoms with Crippen molar-refractivity contribution in [3.8, 4) is 0 Å². The Kier molecular flexibility index (Phi) is 5.29. The van der Waals surface area contributed by atoms with E-state index in [9.17, 15) is 9.18 Å². The number of halogens is 2. The standard InChI is InChI=1S/C20H19ClFN3OS/c21-16-5-3-6-17(22)15(16)13-24-8-10-25(11-9-24)20(26)23-19-12-14-4-1-2-7-18(14)27-19/h1-7,12H,8-11,13H2,(H,23,26). The van der Waals surface area contributed by atoms with Gasteiger partial charge in [-0.15, -0.1) is 11.3 Å². The molecule has 1 saturated heterocycles. The van der Waals surface area contributed by atoms with Gasteiger partial charge in [-0.3, -0.25) is 10.2 Å². The lowest BCUT2D eigenvalue weighted by molar-refractivity contribution is 0.142. The van der Waals surface area contributed by atoms with Crippen LogP contribution in [0, 0.1) is 5.82 Å². The minimum Gasteiger partial charge on any atom is -0.322 e. The number of fused-ring (bicyclic) bond motifs is 1. The fourth-order valence-electron chi connectivity index (χ4n) is 3.24. The molecule has 27 heavy (non-hydrogen) atoms. The summed E-state index contributed by atoms with van der Waals surface area (Å²) in [6.45, 7) is 3.03. The molecule has 0 unspecified atom stereocenters. The van der Waals surface area contributed by atoms with Gasteiger partial charge in [0.05, 0.1) is 5.00 Å². The van der Waals surface area contributed by atoms with Crippen molar-refractivity contribution in [2.45, 2.75) is 6.54 Å². The quantitative estimate of drug-likeness (QED) is 0.664. The van der Waals surface area contributed by atoms with E-state index in [0.29, 0.717) is 43.3 Å². The normalized spacial score (nSPS) is 15.3. The molecule has 140 valence electrons. The van der Waals surface area contributed by atoms with Crippen LogP contribution in [0.2, 0.25) is 5.02 Å². The highest BCUT2D eigenvalue weighted by Gasteiger charge is 2.23. The van der Waals surface area contributed by atoms with Crippen LogP contribution in [-0.2, 0) is 6.54 Å². The summed E-state index contributed by atoms with van der Waals surface area (Å²) < 4.78 is 15.1. The summed E-state index contributed by atoms with van der Waals surface area (Å²) in [7, 11) is 0. The van der Waals surface area contributed by atoms with Crippen molar-refractivity contribution < 1.29 is 9.18 Å². The maximum atomic E-state index is 14.0. The van der Waals surface area contributed by atoms with Gasteiger partial charge in [0, 0.05) is 48.0 Å². The number of rotatable bonds is 3. The Labute approximate surface area is 166 Å². The van der Waals surface area contributed by atoms with Gasteiger partial charge in [-0.05, 0) is 29.7 Å². The van der Waals surface area contributed by atoms with E-state index in [0.717, 1.165) is 15.1 Å². The van der Waals surface area contributed by atoms with E-state index in [4.69, 9.17) is 11.6 Å². The van der Waals surface area contributed by atoms with Crippen molar-refractivity contribution in [3.63, 3.8) is 0 Å². The lowest BCUT2D eigenvalue weighted by Gasteiger charge is -2.34. The second-order valence-corrected chi connectivity index (χ2v) is 8.03. The number of thiophene rings is 1. The molecule has 0 bridgehead atoms. The van der Waals surface area contributed by atoms with Crippen LogP contribution >= 0.6 is 22.9 Å². The molecule has 4 rings (SSSR count). The molecule has 2 amide bonds. The monoisotopic (exact) mass is 403 g/mol. The molecule has 2 aromatic carbocycles. The molecule has 3 aromatic rings. The molecule has 0 aliphatic carbocycles. The summed E-state index contributed by atoms with van der Waals surface area (Å²) in [6, 6.07) is 14.7.